The van der Waals surface area contributed by atoms with Crippen LogP contribution in [0.4, 0.5) is 13.2 Å². The number of sulfone groups is 1. The van der Waals surface area contributed by atoms with Crippen LogP contribution in [0.15, 0.2) is 29.2 Å². The number of halogens is 3. The molecule has 2 fully saturated rings. The van der Waals surface area contributed by atoms with E-state index in [-0.39, 0.29) is 31.7 Å². The number of aliphatic carboxylic acids is 1. The third kappa shape index (κ3) is 10.9. The fraction of sp³-hybridized carbons (Fsp3) is 0.724. The number of carboxylic acids is 1. The van der Waals surface area contributed by atoms with Gasteiger partial charge >= 0.3 is 12.1 Å². The number of benzene rings is 1. The number of alkyl halides is 3. The van der Waals surface area contributed by atoms with Gasteiger partial charge in [0.25, 0.3) is 0 Å². The average Bonchev–Trinajstić information content (AvgIpc) is 3.58. The number of carbonyl (C=O) groups is 1. The van der Waals surface area contributed by atoms with E-state index in [1.807, 2.05) is 0 Å². The van der Waals surface area contributed by atoms with E-state index in [0.717, 1.165) is 31.5 Å². The number of nitrogens with one attached hydrogen (secondary N) is 1. The average molecular weight is 604 g/mol. The minimum Gasteiger partial charge on any atom is -0.480 e. The molecule has 0 spiro atoms. The molecule has 12 heteroatoms. The number of rotatable bonds is 16. The number of likely N-dealkylation sites (tertiary alicyclic amines) is 1. The van der Waals surface area contributed by atoms with Gasteiger partial charge in [-0.2, -0.15) is 18.4 Å². The van der Waals surface area contributed by atoms with Gasteiger partial charge in [-0.25, -0.2) is 8.42 Å². The van der Waals surface area contributed by atoms with Gasteiger partial charge in [0, 0.05) is 20.2 Å². The lowest BCUT2D eigenvalue weighted by Gasteiger charge is -2.20. The standard InChI is InChI=1S/C15H18F3NO5S.C14H26N2/c1-24-7-6-19-9-10(8-12(19)14(20)21)25(22,23)13-5-3-2-4-11(13)15(16,17)18;1-2-3-4-5-6-7-8-9-12-16-14(13-15)10-11-14/h2-5,10,12H,6-9H2,1H3,(H,20,21);16H,2-12H2,1H3/t10-,12+;/m1./s1. The fourth-order valence-corrected chi connectivity index (χ4v) is 6.91. The molecular formula is C29H44F3N3O5S. The van der Waals surface area contributed by atoms with Gasteiger partial charge < -0.3 is 9.84 Å². The number of hydrogen-bond acceptors (Lipinski definition) is 7. The molecule has 0 aromatic heterocycles. The number of nitriles is 1. The quantitative estimate of drug-likeness (QED) is 0.240. The van der Waals surface area contributed by atoms with Gasteiger partial charge in [-0.1, -0.05) is 64.0 Å². The maximum atomic E-state index is 13.1. The Balaban J connectivity index is 0.000000317. The highest BCUT2D eigenvalue weighted by molar-refractivity contribution is 7.92. The molecule has 232 valence electrons. The van der Waals surface area contributed by atoms with Crippen LogP contribution in [0.3, 0.4) is 0 Å². The molecule has 41 heavy (non-hydrogen) atoms. The normalized spacial score (nSPS) is 20.2. The molecule has 0 amide bonds. The van der Waals surface area contributed by atoms with E-state index in [4.69, 9.17) is 10.00 Å². The van der Waals surface area contributed by atoms with Crippen molar-refractivity contribution in [3.8, 4) is 6.07 Å². The zero-order valence-corrected chi connectivity index (χ0v) is 24.9. The van der Waals surface area contributed by atoms with Gasteiger partial charge in [0.15, 0.2) is 9.84 Å². The predicted octanol–water partition coefficient (Wildman–Crippen LogP) is 5.43. The van der Waals surface area contributed by atoms with E-state index in [2.05, 4.69) is 18.3 Å². The number of nitrogens with zero attached hydrogens (tertiary/aromatic N) is 2. The first-order valence-corrected chi connectivity index (χ1v) is 16.0. The van der Waals surface area contributed by atoms with Crippen molar-refractivity contribution in [2.75, 3.05) is 33.4 Å². The van der Waals surface area contributed by atoms with Gasteiger partial charge in [-0.05, 0) is 44.4 Å². The zero-order valence-electron chi connectivity index (χ0n) is 24.1. The van der Waals surface area contributed by atoms with Crippen LogP contribution >= 0.6 is 0 Å². The highest BCUT2D eigenvalue weighted by atomic mass is 32.2. The van der Waals surface area contributed by atoms with Crippen molar-refractivity contribution in [2.45, 2.75) is 105 Å². The van der Waals surface area contributed by atoms with Crippen LogP contribution in [0.2, 0.25) is 0 Å². The summed E-state index contributed by atoms with van der Waals surface area (Å²) in [6.07, 6.45) is 7.88. The van der Waals surface area contributed by atoms with E-state index >= 15 is 0 Å². The largest absolute Gasteiger partial charge is 0.480 e. The molecule has 0 bridgehead atoms. The van der Waals surface area contributed by atoms with Crippen molar-refractivity contribution in [3.63, 3.8) is 0 Å². The summed E-state index contributed by atoms with van der Waals surface area (Å²) in [5.41, 5.74) is -1.35. The molecule has 1 heterocycles. The number of methoxy groups -OCH3 is 1. The van der Waals surface area contributed by atoms with Crippen molar-refractivity contribution < 1.29 is 36.2 Å². The highest BCUT2D eigenvalue weighted by Crippen LogP contribution is 2.37. The Morgan fingerprint density at radius 2 is 1.76 bits per heavy atom. The van der Waals surface area contributed by atoms with E-state index in [1.54, 1.807) is 0 Å². The smallest absolute Gasteiger partial charge is 0.417 e. The number of hydrogen-bond donors (Lipinski definition) is 2. The zero-order chi connectivity index (χ0) is 30.5. The number of carboxylic acid groups (broad SMARTS) is 1. The van der Waals surface area contributed by atoms with Gasteiger partial charge in [0.05, 0.1) is 28.4 Å². The SMILES string of the molecule is CCCCCCCCCCNC1(C#N)CC1.COCCN1C[C@H](S(=O)(=O)c2ccccc2C(F)(F)F)C[C@H]1C(=O)O. The van der Waals surface area contributed by atoms with Gasteiger partial charge in [-0.15, -0.1) is 0 Å². The number of ether oxygens (including phenoxy) is 1. The van der Waals surface area contributed by atoms with Crippen LogP contribution < -0.4 is 5.32 Å². The first-order chi connectivity index (χ1) is 19.4. The molecule has 2 atom stereocenters. The van der Waals surface area contributed by atoms with Crippen molar-refractivity contribution in [1.82, 2.24) is 10.2 Å². The summed E-state index contributed by atoms with van der Waals surface area (Å²) in [5, 5.41) is 20.3. The molecule has 1 saturated heterocycles. The van der Waals surface area contributed by atoms with Crippen LogP contribution in [-0.4, -0.2) is 74.6 Å². The Hall–Kier alpha value is -2.20. The van der Waals surface area contributed by atoms with Crippen LogP contribution in [0.25, 0.3) is 0 Å². The summed E-state index contributed by atoms with van der Waals surface area (Å²) >= 11 is 0. The van der Waals surface area contributed by atoms with Crippen LogP contribution in [-0.2, 0) is 25.5 Å². The fourth-order valence-electron chi connectivity index (χ4n) is 4.97. The lowest BCUT2D eigenvalue weighted by atomic mass is 10.1. The van der Waals surface area contributed by atoms with Gasteiger partial charge in [-0.3, -0.25) is 15.0 Å². The van der Waals surface area contributed by atoms with Crippen molar-refractivity contribution >= 4 is 15.8 Å². The predicted molar refractivity (Wildman–Crippen MR) is 150 cm³/mol. The first kappa shape index (κ1) is 35.0. The van der Waals surface area contributed by atoms with Gasteiger partial charge in [0.1, 0.15) is 11.6 Å². The minimum atomic E-state index is -4.82. The van der Waals surface area contributed by atoms with Crippen molar-refractivity contribution in [2.24, 2.45) is 0 Å². The maximum Gasteiger partial charge on any atom is 0.417 e. The molecule has 1 aliphatic carbocycles. The van der Waals surface area contributed by atoms with Crippen LogP contribution in [0.5, 0.6) is 0 Å². The van der Waals surface area contributed by atoms with E-state index < -0.39 is 43.7 Å². The maximum absolute atomic E-state index is 13.1. The second-order valence-electron chi connectivity index (χ2n) is 10.8. The Kier molecular flexibility index (Phi) is 14.0. The number of unbranched alkanes of at least 4 members (excludes halogenated alkanes) is 7. The molecule has 3 rings (SSSR count). The van der Waals surface area contributed by atoms with E-state index in [9.17, 15) is 31.5 Å². The molecule has 1 aliphatic heterocycles. The lowest BCUT2D eigenvalue weighted by molar-refractivity contribution is -0.142. The third-order valence-corrected chi connectivity index (χ3v) is 9.82. The molecule has 0 unspecified atom stereocenters. The van der Waals surface area contributed by atoms with E-state index in [1.165, 1.54) is 69.4 Å². The molecule has 0 radical (unpaired) electrons. The summed E-state index contributed by atoms with van der Waals surface area (Å²) in [7, 11) is -2.93. The third-order valence-electron chi connectivity index (χ3n) is 7.63. The second kappa shape index (κ2) is 16.4. The lowest BCUT2D eigenvalue weighted by Crippen LogP contribution is -2.38. The molecule has 2 N–H and O–H groups in total. The Bertz CT molecular complexity index is 1100. The first-order valence-electron chi connectivity index (χ1n) is 14.4. The van der Waals surface area contributed by atoms with Gasteiger partial charge in [0.2, 0.25) is 0 Å². The molecule has 8 nitrogen and oxygen atoms in total. The minimum absolute atomic E-state index is 0.110. The summed E-state index contributed by atoms with van der Waals surface area (Å²) in [4.78, 5) is 11.9. The Morgan fingerprint density at radius 3 is 2.29 bits per heavy atom. The van der Waals surface area contributed by atoms with Crippen LogP contribution in [0, 0.1) is 11.3 Å². The monoisotopic (exact) mass is 603 g/mol. The van der Waals surface area contributed by atoms with E-state index in [0.29, 0.717) is 6.07 Å². The molecule has 1 aromatic carbocycles. The molecular weight excluding hydrogens is 559 g/mol. The molecule has 2 aliphatic rings. The molecule has 1 aromatic rings. The second-order valence-corrected chi connectivity index (χ2v) is 13.0. The summed E-state index contributed by atoms with van der Waals surface area (Å²) in [6.45, 7) is 3.50. The Morgan fingerprint density at radius 1 is 1.15 bits per heavy atom. The summed E-state index contributed by atoms with van der Waals surface area (Å²) < 4.78 is 69.7. The Labute approximate surface area is 242 Å². The summed E-state index contributed by atoms with van der Waals surface area (Å²) in [6, 6.07) is 5.24. The highest BCUT2D eigenvalue weighted by Gasteiger charge is 2.46. The van der Waals surface area contributed by atoms with Crippen molar-refractivity contribution in [3.05, 3.63) is 29.8 Å². The topological polar surface area (TPSA) is 120 Å². The van der Waals surface area contributed by atoms with Crippen molar-refractivity contribution in [1.29, 1.82) is 5.26 Å². The summed E-state index contributed by atoms with van der Waals surface area (Å²) in [5.74, 6) is -1.21. The van der Waals surface area contributed by atoms with Crippen LogP contribution in [0.1, 0.15) is 83.1 Å². The molecule has 1 saturated carbocycles.